The number of nitrogens with zero attached hydrogens (tertiary/aromatic N) is 1. The molecule has 1 unspecified atom stereocenters. The van der Waals surface area contributed by atoms with Crippen molar-refractivity contribution in [2.75, 3.05) is 0 Å². The molecular weight excluding hydrogens is 324 g/mol. The number of carbonyl (C=O) groups excluding carboxylic acids is 1. The van der Waals surface area contributed by atoms with E-state index in [2.05, 4.69) is 5.32 Å². The van der Waals surface area contributed by atoms with Crippen LogP contribution in [0.15, 0.2) is 54.6 Å². The van der Waals surface area contributed by atoms with Crippen LogP contribution >= 0.6 is 0 Å². The first-order valence-electron chi connectivity index (χ1n) is 7.70. The lowest BCUT2D eigenvalue weighted by molar-refractivity contribution is -0.384. The number of rotatable bonds is 7. The zero-order chi connectivity index (χ0) is 18.4. The quantitative estimate of drug-likeness (QED) is 0.594. The number of carbonyl (C=O) groups is 2. The second-order valence-electron chi connectivity index (χ2n) is 5.70. The first-order valence-corrected chi connectivity index (χ1v) is 7.70. The normalized spacial score (nSPS) is 12.8. The fraction of sp³-hybridized carbons (Fsp3) is 0.222. The zero-order valence-electron chi connectivity index (χ0n) is 13.6. The molecule has 130 valence electrons. The van der Waals surface area contributed by atoms with Crippen molar-refractivity contribution in [3.8, 4) is 0 Å². The molecule has 0 aliphatic carbocycles. The second-order valence-corrected chi connectivity index (χ2v) is 5.70. The molecule has 0 aromatic heterocycles. The van der Waals surface area contributed by atoms with Gasteiger partial charge in [0.15, 0.2) is 0 Å². The van der Waals surface area contributed by atoms with Gasteiger partial charge in [0.2, 0.25) is 0 Å². The molecule has 2 aromatic rings. The molecular formula is C18H18N2O5. The number of nitro groups is 1. The average molecular weight is 342 g/mol. The predicted octanol–water partition coefficient (Wildman–Crippen LogP) is 2.66. The molecule has 0 fully saturated rings. The summed E-state index contributed by atoms with van der Waals surface area (Å²) in [5, 5.41) is 22.7. The van der Waals surface area contributed by atoms with Gasteiger partial charge in [0, 0.05) is 23.7 Å². The van der Waals surface area contributed by atoms with E-state index in [1.54, 1.807) is 0 Å². The molecule has 0 bridgehead atoms. The molecule has 0 aliphatic rings. The lowest BCUT2D eigenvalue weighted by Gasteiger charge is -2.22. The summed E-state index contributed by atoms with van der Waals surface area (Å²) in [5.41, 5.74) is 1.03. The molecule has 1 amide bonds. The van der Waals surface area contributed by atoms with Gasteiger partial charge in [-0.05, 0) is 31.0 Å². The maximum Gasteiger partial charge on any atom is 0.308 e. The van der Waals surface area contributed by atoms with Crippen LogP contribution in [-0.2, 0) is 11.2 Å². The van der Waals surface area contributed by atoms with Gasteiger partial charge < -0.3 is 10.4 Å². The van der Waals surface area contributed by atoms with Crippen LogP contribution in [0.3, 0.4) is 0 Å². The molecule has 7 nitrogen and oxygen atoms in total. The Morgan fingerprint density at radius 1 is 1.12 bits per heavy atom. The standard InChI is InChI=1S/C18H18N2O5/c1-12(18(22)23)16(11-13-5-3-2-4-6-13)19-17(21)14-7-9-15(10-8-14)20(24)25/h2-10,12,16H,11H2,1H3,(H,19,21)(H,22,23)/t12?,16-/m1/s1. The largest absolute Gasteiger partial charge is 0.481 e. The molecule has 25 heavy (non-hydrogen) atoms. The van der Waals surface area contributed by atoms with E-state index in [9.17, 15) is 24.8 Å². The van der Waals surface area contributed by atoms with Gasteiger partial charge in [0.05, 0.1) is 10.8 Å². The highest BCUT2D eigenvalue weighted by atomic mass is 16.6. The fourth-order valence-electron chi connectivity index (χ4n) is 2.38. The van der Waals surface area contributed by atoms with E-state index in [4.69, 9.17) is 0 Å². The Morgan fingerprint density at radius 3 is 2.24 bits per heavy atom. The van der Waals surface area contributed by atoms with E-state index in [1.165, 1.54) is 31.2 Å². The van der Waals surface area contributed by atoms with E-state index in [0.717, 1.165) is 5.56 Å². The number of carboxylic acid groups (broad SMARTS) is 1. The number of hydrogen-bond donors (Lipinski definition) is 2. The second kappa shape index (κ2) is 8.05. The van der Waals surface area contributed by atoms with Crippen molar-refractivity contribution < 1.29 is 19.6 Å². The van der Waals surface area contributed by atoms with Crippen molar-refractivity contribution in [2.45, 2.75) is 19.4 Å². The maximum absolute atomic E-state index is 12.4. The third-order valence-corrected chi connectivity index (χ3v) is 3.95. The van der Waals surface area contributed by atoms with Gasteiger partial charge in [-0.2, -0.15) is 0 Å². The van der Waals surface area contributed by atoms with Gasteiger partial charge in [-0.3, -0.25) is 19.7 Å². The fourth-order valence-corrected chi connectivity index (χ4v) is 2.38. The lowest BCUT2D eigenvalue weighted by Crippen LogP contribution is -2.43. The summed E-state index contributed by atoms with van der Waals surface area (Å²) < 4.78 is 0. The van der Waals surface area contributed by atoms with Gasteiger partial charge in [-0.1, -0.05) is 30.3 Å². The summed E-state index contributed by atoms with van der Waals surface area (Å²) >= 11 is 0. The Bertz CT molecular complexity index is 759. The monoisotopic (exact) mass is 342 g/mol. The van der Waals surface area contributed by atoms with Gasteiger partial charge in [0.1, 0.15) is 0 Å². The van der Waals surface area contributed by atoms with E-state index in [1.807, 2.05) is 30.3 Å². The summed E-state index contributed by atoms with van der Waals surface area (Å²) in [5.74, 6) is -2.27. The molecule has 7 heteroatoms. The van der Waals surface area contributed by atoms with Crippen molar-refractivity contribution in [3.05, 3.63) is 75.8 Å². The highest BCUT2D eigenvalue weighted by Crippen LogP contribution is 2.15. The van der Waals surface area contributed by atoms with Crippen molar-refractivity contribution in [2.24, 2.45) is 5.92 Å². The predicted molar refractivity (Wildman–Crippen MR) is 91.3 cm³/mol. The molecule has 0 radical (unpaired) electrons. The molecule has 0 saturated heterocycles. The van der Waals surface area contributed by atoms with Crippen LogP contribution in [0.2, 0.25) is 0 Å². The minimum atomic E-state index is -1.01. The minimum Gasteiger partial charge on any atom is -0.481 e. The highest BCUT2D eigenvalue weighted by Gasteiger charge is 2.26. The molecule has 0 aliphatic heterocycles. The van der Waals surface area contributed by atoms with Crippen LogP contribution in [0.25, 0.3) is 0 Å². The summed E-state index contributed by atoms with van der Waals surface area (Å²) in [6.45, 7) is 1.53. The van der Waals surface area contributed by atoms with Gasteiger partial charge >= 0.3 is 5.97 Å². The number of nitro benzene ring substituents is 1. The van der Waals surface area contributed by atoms with Crippen molar-refractivity contribution in [1.82, 2.24) is 5.32 Å². The van der Waals surface area contributed by atoms with Crippen LogP contribution in [-0.4, -0.2) is 27.9 Å². The zero-order valence-corrected chi connectivity index (χ0v) is 13.6. The number of aliphatic carboxylic acids is 1. The number of benzene rings is 2. The number of nitrogens with one attached hydrogen (secondary N) is 1. The molecule has 2 N–H and O–H groups in total. The van der Waals surface area contributed by atoms with Crippen LogP contribution < -0.4 is 5.32 Å². The molecule has 2 aromatic carbocycles. The van der Waals surface area contributed by atoms with Crippen LogP contribution in [0.5, 0.6) is 0 Å². The van der Waals surface area contributed by atoms with Crippen molar-refractivity contribution >= 4 is 17.6 Å². The van der Waals surface area contributed by atoms with E-state index in [0.29, 0.717) is 6.42 Å². The van der Waals surface area contributed by atoms with Gasteiger partial charge in [0.25, 0.3) is 11.6 Å². The average Bonchev–Trinajstić information content (AvgIpc) is 2.61. The minimum absolute atomic E-state index is 0.115. The van der Waals surface area contributed by atoms with Crippen LogP contribution in [0.1, 0.15) is 22.8 Å². The highest BCUT2D eigenvalue weighted by molar-refractivity contribution is 5.94. The Hall–Kier alpha value is -3.22. The molecule has 0 saturated carbocycles. The van der Waals surface area contributed by atoms with Gasteiger partial charge in [-0.25, -0.2) is 0 Å². The first kappa shape index (κ1) is 18.1. The number of hydrogen-bond acceptors (Lipinski definition) is 4. The summed E-state index contributed by atoms with van der Waals surface area (Å²) in [4.78, 5) is 33.8. The topological polar surface area (TPSA) is 110 Å². The Kier molecular flexibility index (Phi) is 5.84. The Labute approximate surface area is 144 Å². The lowest BCUT2D eigenvalue weighted by atomic mass is 9.94. The molecule has 0 spiro atoms. The SMILES string of the molecule is CC(C(=O)O)[C@@H](Cc1ccccc1)NC(=O)c1ccc([N+](=O)[O-])cc1. The molecule has 2 rings (SSSR count). The number of carboxylic acids is 1. The molecule has 0 heterocycles. The third kappa shape index (κ3) is 4.87. The summed E-state index contributed by atoms with van der Waals surface area (Å²) in [6, 6.07) is 13.8. The van der Waals surface area contributed by atoms with Crippen molar-refractivity contribution in [1.29, 1.82) is 0 Å². The number of non-ortho nitro benzene ring substituents is 1. The Morgan fingerprint density at radius 2 is 1.72 bits per heavy atom. The maximum atomic E-state index is 12.4. The molecule has 2 atom stereocenters. The third-order valence-electron chi connectivity index (χ3n) is 3.95. The smallest absolute Gasteiger partial charge is 0.308 e. The van der Waals surface area contributed by atoms with E-state index in [-0.39, 0.29) is 11.3 Å². The number of amides is 1. The van der Waals surface area contributed by atoms with Crippen molar-refractivity contribution in [3.63, 3.8) is 0 Å². The van der Waals surface area contributed by atoms with Crippen LogP contribution in [0, 0.1) is 16.0 Å². The van der Waals surface area contributed by atoms with E-state index >= 15 is 0 Å². The van der Waals surface area contributed by atoms with Gasteiger partial charge in [-0.15, -0.1) is 0 Å². The van der Waals surface area contributed by atoms with Crippen LogP contribution in [0.4, 0.5) is 5.69 Å². The Balaban J connectivity index is 2.16. The van der Waals surface area contributed by atoms with E-state index < -0.39 is 28.8 Å². The summed E-state index contributed by atoms with van der Waals surface area (Å²) in [7, 11) is 0. The summed E-state index contributed by atoms with van der Waals surface area (Å²) in [6.07, 6.45) is 0.368. The first-order chi connectivity index (χ1) is 11.9.